The summed E-state index contributed by atoms with van der Waals surface area (Å²) in [5.41, 5.74) is 2.61. The minimum Gasteiger partial charge on any atom is -0.301 e. The highest BCUT2D eigenvalue weighted by atomic mass is 32.1. The van der Waals surface area contributed by atoms with Gasteiger partial charge in [-0.25, -0.2) is 13.8 Å². The van der Waals surface area contributed by atoms with E-state index in [1.807, 2.05) is 13.0 Å². The smallest absolute Gasteiger partial charge is 0.238 e. The van der Waals surface area contributed by atoms with E-state index in [1.54, 1.807) is 36.8 Å². The van der Waals surface area contributed by atoms with Crippen molar-refractivity contribution in [1.29, 1.82) is 0 Å². The van der Waals surface area contributed by atoms with Crippen molar-refractivity contribution in [1.82, 2.24) is 9.97 Å². The normalized spacial score (nSPS) is 11.8. The monoisotopic (exact) mass is 421 g/mol. The first-order valence-electron chi connectivity index (χ1n) is 9.20. The number of thiazole rings is 1. The highest BCUT2D eigenvalue weighted by Gasteiger charge is 2.26. The van der Waals surface area contributed by atoms with Crippen LogP contribution in [0.15, 0.2) is 73.2 Å². The number of hydrogen-bond donors (Lipinski definition) is 1. The molecule has 2 heterocycles. The number of benzene rings is 2. The van der Waals surface area contributed by atoms with Gasteiger partial charge in [-0.2, -0.15) is 0 Å². The van der Waals surface area contributed by atoms with E-state index in [0.717, 1.165) is 16.0 Å². The first kappa shape index (κ1) is 19.8. The van der Waals surface area contributed by atoms with Gasteiger partial charge in [-0.15, -0.1) is 0 Å². The van der Waals surface area contributed by atoms with Crippen LogP contribution >= 0.6 is 11.3 Å². The summed E-state index contributed by atoms with van der Waals surface area (Å²) in [7, 11) is 0. The summed E-state index contributed by atoms with van der Waals surface area (Å²) in [5, 5.41) is 3.16. The number of amides is 1. The number of halogens is 2. The zero-order valence-corrected chi connectivity index (χ0v) is 16.8. The Morgan fingerprint density at radius 2 is 1.80 bits per heavy atom. The van der Waals surface area contributed by atoms with Gasteiger partial charge < -0.3 is 5.32 Å². The molecule has 1 amide bonds. The van der Waals surface area contributed by atoms with E-state index in [2.05, 4.69) is 15.3 Å². The predicted octanol–water partition coefficient (Wildman–Crippen LogP) is 5.56. The second-order valence-corrected chi connectivity index (χ2v) is 7.81. The number of carbonyl (C=O) groups is 1. The quantitative estimate of drug-likeness (QED) is 0.459. The zero-order chi connectivity index (χ0) is 21.1. The lowest BCUT2D eigenvalue weighted by atomic mass is 9.90. The van der Waals surface area contributed by atoms with Crippen LogP contribution in [0.4, 0.5) is 13.9 Å². The van der Waals surface area contributed by atoms with Crippen LogP contribution in [-0.4, -0.2) is 15.9 Å². The number of nitrogens with zero attached hydrogens (tertiary/aromatic N) is 2. The Hall–Kier alpha value is -3.45. The molecule has 30 heavy (non-hydrogen) atoms. The fraction of sp³-hybridized carbons (Fsp3) is 0.0870. The van der Waals surface area contributed by atoms with Crippen molar-refractivity contribution in [3.8, 4) is 10.4 Å². The first-order valence-corrected chi connectivity index (χ1v) is 10.0. The van der Waals surface area contributed by atoms with Crippen LogP contribution in [0.3, 0.4) is 0 Å². The SMILES string of the molecule is Cc1cncc(-c2cnc(NC(=O)C(c3ccc(F)cc3)c3ccccc3F)s2)c1. The van der Waals surface area contributed by atoms with Crippen LogP contribution in [0, 0.1) is 18.6 Å². The van der Waals surface area contributed by atoms with Gasteiger partial charge in [0.1, 0.15) is 11.6 Å². The molecule has 0 bridgehead atoms. The van der Waals surface area contributed by atoms with Gasteiger partial charge in [0.15, 0.2) is 5.13 Å². The minimum absolute atomic E-state index is 0.210. The second-order valence-electron chi connectivity index (χ2n) is 6.78. The maximum absolute atomic E-state index is 14.5. The molecule has 2 aromatic heterocycles. The highest BCUT2D eigenvalue weighted by Crippen LogP contribution is 2.32. The van der Waals surface area contributed by atoms with E-state index in [-0.39, 0.29) is 5.56 Å². The Morgan fingerprint density at radius 1 is 1.03 bits per heavy atom. The molecule has 2 aromatic carbocycles. The number of carbonyl (C=O) groups excluding carboxylic acids is 1. The summed E-state index contributed by atoms with van der Waals surface area (Å²) in [6.07, 6.45) is 5.15. The van der Waals surface area contributed by atoms with Crippen LogP contribution in [0.5, 0.6) is 0 Å². The Kier molecular flexibility index (Phi) is 5.63. The molecule has 1 unspecified atom stereocenters. The average molecular weight is 421 g/mol. The lowest BCUT2D eigenvalue weighted by molar-refractivity contribution is -0.116. The van der Waals surface area contributed by atoms with Crippen LogP contribution < -0.4 is 5.32 Å². The van der Waals surface area contributed by atoms with E-state index >= 15 is 0 Å². The van der Waals surface area contributed by atoms with Gasteiger partial charge in [0, 0.05) is 29.7 Å². The molecule has 4 rings (SSSR count). The molecule has 0 aliphatic heterocycles. The first-order chi connectivity index (χ1) is 14.5. The number of nitrogens with one attached hydrogen (secondary N) is 1. The molecule has 4 nitrogen and oxygen atoms in total. The standard InChI is InChI=1S/C23H17F2N3OS/c1-14-10-16(12-26-11-14)20-13-27-23(30-20)28-22(29)21(15-6-8-17(24)9-7-15)18-4-2-3-5-19(18)25/h2-13,21H,1H3,(H,27,28,29). The van der Waals surface area contributed by atoms with Gasteiger partial charge in [0.25, 0.3) is 0 Å². The van der Waals surface area contributed by atoms with Gasteiger partial charge in [-0.3, -0.25) is 9.78 Å². The summed E-state index contributed by atoms with van der Waals surface area (Å²) < 4.78 is 27.9. The third-order valence-corrected chi connectivity index (χ3v) is 5.54. The number of anilines is 1. The topological polar surface area (TPSA) is 54.9 Å². The summed E-state index contributed by atoms with van der Waals surface area (Å²) in [4.78, 5) is 22.4. The second kappa shape index (κ2) is 8.51. The van der Waals surface area contributed by atoms with Crippen molar-refractivity contribution in [3.05, 3.63) is 102 Å². The van der Waals surface area contributed by atoms with E-state index in [4.69, 9.17) is 0 Å². The molecule has 0 radical (unpaired) electrons. The Balaban J connectivity index is 1.64. The lowest BCUT2D eigenvalue weighted by Gasteiger charge is -2.17. The van der Waals surface area contributed by atoms with Crippen molar-refractivity contribution >= 4 is 22.4 Å². The van der Waals surface area contributed by atoms with Crippen LogP contribution in [0.1, 0.15) is 22.6 Å². The van der Waals surface area contributed by atoms with E-state index in [9.17, 15) is 13.6 Å². The van der Waals surface area contributed by atoms with Crippen molar-refractivity contribution in [2.75, 3.05) is 5.32 Å². The third kappa shape index (κ3) is 4.26. The Bertz CT molecular complexity index is 1190. The van der Waals surface area contributed by atoms with E-state index < -0.39 is 23.5 Å². The highest BCUT2D eigenvalue weighted by molar-refractivity contribution is 7.19. The maximum atomic E-state index is 14.5. The van der Waals surface area contributed by atoms with E-state index in [1.165, 1.54) is 41.7 Å². The summed E-state index contributed by atoms with van der Waals surface area (Å²) in [6.45, 7) is 1.95. The summed E-state index contributed by atoms with van der Waals surface area (Å²) in [5.74, 6) is -2.33. The molecule has 1 N–H and O–H groups in total. The molecule has 0 fully saturated rings. The zero-order valence-electron chi connectivity index (χ0n) is 16.0. The van der Waals surface area contributed by atoms with Crippen molar-refractivity contribution < 1.29 is 13.6 Å². The average Bonchev–Trinajstić information content (AvgIpc) is 3.19. The molecule has 0 aliphatic carbocycles. The van der Waals surface area contributed by atoms with Crippen LogP contribution in [-0.2, 0) is 4.79 Å². The summed E-state index contributed by atoms with van der Waals surface area (Å²) in [6, 6.07) is 13.5. The number of aromatic nitrogens is 2. The number of pyridine rings is 1. The van der Waals surface area contributed by atoms with Crippen molar-refractivity contribution in [2.24, 2.45) is 0 Å². The molecule has 0 saturated heterocycles. The van der Waals surface area contributed by atoms with Crippen molar-refractivity contribution in [3.63, 3.8) is 0 Å². The van der Waals surface area contributed by atoms with Gasteiger partial charge in [0.2, 0.25) is 5.91 Å². The fourth-order valence-corrected chi connectivity index (χ4v) is 3.97. The molecule has 0 aliphatic rings. The Labute approximate surface area is 176 Å². The molecule has 150 valence electrons. The number of hydrogen-bond acceptors (Lipinski definition) is 4. The Morgan fingerprint density at radius 3 is 2.53 bits per heavy atom. The molecular weight excluding hydrogens is 404 g/mol. The van der Waals surface area contributed by atoms with Crippen molar-refractivity contribution in [2.45, 2.75) is 12.8 Å². The predicted molar refractivity (Wildman–Crippen MR) is 113 cm³/mol. The van der Waals surface area contributed by atoms with Crippen LogP contribution in [0.2, 0.25) is 0 Å². The lowest BCUT2D eigenvalue weighted by Crippen LogP contribution is -2.23. The molecule has 0 spiro atoms. The molecule has 4 aromatic rings. The van der Waals surface area contributed by atoms with E-state index in [0.29, 0.717) is 10.7 Å². The maximum Gasteiger partial charge on any atom is 0.238 e. The van der Waals surface area contributed by atoms with Gasteiger partial charge in [-0.05, 0) is 42.3 Å². The van der Waals surface area contributed by atoms with Crippen LogP contribution in [0.25, 0.3) is 10.4 Å². The fourth-order valence-electron chi connectivity index (χ4n) is 3.17. The summed E-state index contributed by atoms with van der Waals surface area (Å²) >= 11 is 1.30. The van der Waals surface area contributed by atoms with Gasteiger partial charge >= 0.3 is 0 Å². The van der Waals surface area contributed by atoms with Gasteiger partial charge in [0.05, 0.1) is 10.8 Å². The van der Waals surface area contributed by atoms with Gasteiger partial charge in [-0.1, -0.05) is 41.7 Å². The molecule has 0 saturated carbocycles. The molecule has 1 atom stereocenters. The largest absolute Gasteiger partial charge is 0.301 e. The number of aryl methyl sites for hydroxylation is 1. The molecule has 7 heteroatoms. The number of rotatable bonds is 5. The molecular formula is C23H17F2N3OS. The third-order valence-electron chi connectivity index (χ3n) is 4.58. The minimum atomic E-state index is -0.945.